The van der Waals surface area contributed by atoms with E-state index in [0.29, 0.717) is 30.1 Å². The van der Waals surface area contributed by atoms with Crippen molar-refractivity contribution in [1.29, 1.82) is 0 Å². The maximum Gasteiger partial charge on any atom is 0.254 e. The van der Waals surface area contributed by atoms with Gasteiger partial charge in [-0.15, -0.1) is 0 Å². The monoisotopic (exact) mass is 463 g/mol. The number of aliphatic hydroxyl groups is 1. The minimum Gasteiger partial charge on any atom is -0.389 e. The molecule has 33 heavy (non-hydrogen) atoms. The number of aromatic nitrogens is 2. The van der Waals surface area contributed by atoms with E-state index in [2.05, 4.69) is 4.98 Å². The molecule has 1 saturated heterocycles. The molecule has 2 fully saturated rings. The molecule has 0 radical (unpaired) electrons. The molecule has 1 aromatic heterocycles. The number of carbonyl (C=O) groups is 1. The Bertz CT molecular complexity index is 1160. The molecule has 1 saturated carbocycles. The third kappa shape index (κ3) is 4.09. The maximum atomic E-state index is 14.1. The summed E-state index contributed by atoms with van der Waals surface area (Å²) in [5.74, 6) is 0.893. The van der Waals surface area contributed by atoms with Crippen LogP contribution < -0.4 is 0 Å². The van der Waals surface area contributed by atoms with Gasteiger partial charge in [-0.05, 0) is 49.4 Å². The predicted molar refractivity (Wildman–Crippen MR) is 129 cm³/mol. The molecule has 172 valence electrons. The lowest BCUT2D eigenvalue weighted by atomic mass is 9.66. The van der Waals surface area contributed by atoms with Crippen molar-refractivity contribution in [3.63, 3.8) is 0 Å². The molecule has 2 aromatic carbocycles. The number of halogens is 1. The summed E-state index contributed by atoms with van der Waals surface area (Å²) in [7, 11) is 0. The molecule has 1 N–H and O–H groups in total. The molecule has 0 spiro atoms. The third-order valence-corrected chi connectivity index (χ3v) is 7.91. The zero-order valence-corrected chi connectivity index (χ0v) is 19.7. The number of likely N-dealkylation sites (tertiary alicyclic amines) is 1. The lowest BCUT2D eigenvalue weighted by molar-refractivity contribution is -0.115. The van der Waals surface area contributed by atoms with E-state index in [1.807, 2.05) is 71.1 Å². The van der Waals surface area contributed by atoms with Crippen LogP contribution in [0.25, 0.3) is 0 Å². The van der Waals surface area contributed by atoms with E-state index < -0.39 is 5.60 Å². The first-order valence-corrected chi connectivity index (χ1v) is 12.2. The molecule has 1 aliphatic carbocycles. The van der Waals surface area contributed by atoms with Crippen LogP contribution in [0.3, 0.4) is 0 Å². The Kier molecular flexibility index (Phi) is 6.02. The Hall–Kier alpha value is -2.63. The average Bonchev–Trinajstić information content (AvgIpc) is 3.22. The standard InChI is InChI=1S/C27H30ClN3O2/c1-19-29-15-17-30(19)18-20-8-2-3-9-21(20)26(32)31-16-14-27(33)13-7-6-11-23(27)25(31)22-10-4-5-12-24(22)28/h2-5,8-10,12,15,17,23,25,33H,6-7,11,13-14,16,18H2,1H3/t23-,25-,27-/m0/s1. The Morgan fingerprint density at radius 1 is 1.15 bits per heavy atom. The highest BCUT2D eigenvalue weighted by Gasteiger charge is 2.50. The number of hydrogen-bond acceptors (Lipinski definition) is 3. The molecule has 5 rings (SSSR count). The lowest BCUT2D eigenvalue weighted by Gasteiger charge is -2.52. The van der Waals surface area contributed by atoms with E-state index in [9.17, 15) is 9.90 Å². The highest BCUT2D eigenvalue weighted by atomic mass is 35.5. The van der Waals surface area contributed by atoms with Crippen LogP contribution in [0.5, 0.6) is 0 Å². The fourth-order valence-corrected chi connectivity index (χ4v) is 6.03. The molecular weight excluding hydrogens is 434 g/mol. The van der Waals surface area contributed by atoms with E-state index in [-0.39, 0.29) is 17.9 Å². The molecular formula is C27H30ClN3O2. The van der Waals surface area contributed by atoms with E-state index in [1.165, 1.54) is 0 Å². The summed E-state index contributed by atoms with van der Waals surface area (Å²) in [4.78, 5) is 20.4. The second-order valence-electron chi connectivity index (χ2n) is 9.43. The molecule has 6 heteroatoms. The van der Waals surface area contributed by atoms with Crippen LogP contribution in [0, 0.1) is 12.8 Å². The second-order valence-corrected chi connectivity index (χ2v) is 9.84. The van der Waals surface area contributed by atoms with Crippen LogP contribution in [0.1, 0.15) is 65.5 Å². The van der Waals surface area contributed by atoms with Gasteiger partial charge >= 0.3 is 0 Å². The molecule has 1 aliphatic heterocycles. The molecule has 1 amide bonds. The molecule has 0 bridgehead atoms. The van der Waals surface area contributed by atoms with Crippen LogP contribution in [0.15, 0.2) is 60.9 Å². The van der Waals surface area contributed by atoms with E-state index >= 15 is 0 Å². The number of nitrogens with zero attached hydrogens (tertiary/aromatic N) is 3. The molecule has 5 nitrogen and oxygen atoms in total. The Morgan fingerprint density at radius 2 is 1.94 bits per heavy atom. The highest BCUT2D eigenvalue weighted by molar-refractivity contribution is 6.31. The number of fused-ring (bicyclic) bond motifs is 1. The van der Waals surface area contributed by atoms with Crippen LogP contribution >= 0.6 is 11.6 Å². The number of piperidine rings is 1. The Labute approximate surface area is 200 Å². The van der Waals surface area contributed by atoms with E-state index in [1.54, 1.807) is 6.20 Å². The number of hydrogen-bond donors (Lipinski definition) is 1. The van der Waals surface area contributed by atoms with Crippen molar-refractivity contribution in [2.75, 3.05) is 6.54 Å². The van der Waals surface area contributed by atoms with Gasteiger partial charge in [0, 0.05) is 42.0 Å². The quantitative estimate of drug-likeness (QED) is 0.563. The summed E-state index contributed by atoms with van der Waals surface area (Å²) in [5, 5.41) is 12.2. The predicted octanol–water partition coefficient (Wildman–Crippen LogP) is 5.40. The number of imidazole rings is 1. The Morgan fingerprint density at radius 3 is 2.73 bits per heavy atom. The van der Waals surface area contributed by atoms with E-state index in [4.69, 9.17) is 11.6 Å². The van der Waals surface area contributed by atoms with Crippen molar-refractivity contribution in [2.45, 2.75) is 57.2 Å². The van der Waals surface area contributed by atoms with Gasteiger partial charge in [0.2, 0.25) is 0 Å². The summed E-state index contributed by atoms with van der Waals surface area (Å²) in [6, 6.07) is 15.3. The Balaban J connectivity index is 1.54. The van der Waals surface area contributed by atoms with Gasteiger partial charge in [-0.2, -0.15) is 0 Å². The zero-order valence-electron chi connectivity index (χ0n) is 19.0. The van der Waals surface area contributed by atoms with Gasteiger partial charge in [0.1, 0.15) is 5.82 Å². The van der Waals surface area contributed by atoms with Gasteiger partial charge in [-0.3, -0.25) is 4.79 Å². The van der Waals surface area contributed by atoms with Crippen molar-refractivity contribution in [3.05, 3.63) is 88.5 Å². The smallest absolute Gasteiger partial charge is 0.254 e. The third-order valence-electron chi connectivity index (χ3n) is 7.56. The fraction of sp³-hybridized carbons (Fsp3) is 0.407. The molecule has 2 heterocycles. The number of benzene rings is 2. The number of carbonyl (C=O) groups excluding carboxylic acids is 1. The summed E-state index contributed by atoms with van der Waals surface area (Å²) >= 11 is 6.66. The minimum absolute atomic E-state index is 0.000844. The highest BCUT2D eigenvalue weighted by Crippen LogP contribution is 2.50. The largest absolute Gasteiger partial charge is 0.389 e. The van der Waals surface area contributed by atoms with Gasteiger partial charge in [0.05, 0.1) is 11.6 Å². The summed E-state index contributed by atoms with van der Waals surface area (Å²) < 4.78 is 2.05. The fourth-order valence-electron chi connectivity index (χ4n) is 5.79. The van der Waals surface area contributed by atoms with Crippen molar-refractivity contribution in [2.24, 2.45) is 5.92 Å². The van der Waals surface area contributed by atoms with Gasteiger partial charge in [-0.1, -0.05) is 60.8 Å². The number of aryl methyl sites for hydroxylation is 1. The maximum absolute atomic E-state index is 14.1. The minimum atomic E-state index is -0.744. The van der Waals surface area contributed by atoms with Crippen molar-refractivity contribution >= 4 is 17.5 Å². The summed E-state index contributed by atoms with van der Waals surface area (Å²) in [6.07, 6.45) is 8.10. The second kappa shape index (κ2) is 8.96. The first-order valence-electron chi connectivity index (χ1n) is 11.8. The summed E-state index contributed by atoms with van der Waals surface area (Å²) in [6.45, 7) is 3.07. The normalized spacial score (nSPS) is 25.0. The van der Waals surface area contributed by atoms with Crippen LogP contribution in [-0.4, -0.2) is 37.6 Å². The lowest BCUT2D eigenvalue weighted by Crippen LogP contribution is -2.56. The van der Waals surface area contributed by atoms with E-state index in [0.717, 1.165) is 42.6 Å². The SMILES string of the molecule is Cc1nccn1Cc1ccccc1C(=O)N1CC[C@@]2(O)CCCC[C@H]2[C@@H]1c1ccccc1Cl. The zero-order chi connectivity index (χ0) is 23.0. The first kappa shape index (κ1) is 22.2. The first-order chi connectivity index (χ1) is 16.0. The molecule has 3 aromatic rings. The summed E-state index contributed by atoms with van der Waals surface area (Å²) in [5.41, 5.74) is 1.85. The topological polar surface area (TPSA) is 58.4 Å². The van der Waals surface area contributed by atoms with Gasteiger partial charge in [0.25, 0.3) is 5.91 Å². The average molecular weight is 464 g/mol. The van der Waals surface area contributed by atoms with Gasteiger partial charge in [-0.25, -0.2) is 4.98 Å². The van der Waals surface area contributed by atoms with Gasteiger partial charge in [0.15, 0.2) is 0 Å². The molecule has 3 atom stereocenters. The number of amides is 1. The van der Waals surface area contributed by atoms with Crippen molar-refractivity contribution < 1.29 is 9.90 Å². The van der Waals surface area contributed by atoms with Crippen molar-refractivity contribution in [3.8, 4) is 0 Å². The van der Waals surface area contributed by atoms with Crippen molar-refractivity contribution in [1.82, 2.24) is 14.5 Å². The van der Waals surface area contributed by atoms with Crippen LogP contribution in [-0.2, 0) is 6.54 Å². The molecule has 0 unspecified atom stereocenters. The molecule has 2 aliphatic rings. The van der Waals surface area contributed by atoms with Gasteiger partial charge < -0.3 is 14.6 Å². The van der Waals surface area contributed by atoms with Crippen LogP contribution in [0.4, 0.5) is 0 Å². The number of rotatable bonds is 4. The van der Waals surface area contributed by atoms with Crippen LogP contribution in [0.2, 0.25) is 5.02 Å².